The summed E-state index contributed by atoms with van der Waals surface area (Å²) in [6, 6.07) is 11.2. The summed E-state index contributed by atoms with van der Waals surface area (Å²) in [5.74, 6) is -5.33. The molecule has 3 aliphatic rings. The third-order valence-corrected chi connectivity index (χ3v) is 8.09. The number of benzene rings is 2. The van der Waals surface area contributed by atoms with Crippen molar-refractivity contribution in [2.75, 3.05) is 13.1 Å². The first-order valence-electron chi connectivity index (χ1n) is 14.2. The third kappa shape index (κ3) is 6.64. The van der Waals surface area contributed by atoms with Crippen LogP contribution in [0.2, 0.25) is 0 Å². The second-order valence-electron chi connectivity index (χ2n) is 10.9. The Morgan fingerprint density at radius 2 is 1.30 bits per heavy atom. The molecule has 9 atom stereocenters. The predicted octanol–water partition coefficient (Wildman–Crippen LogP) is -0.530. The van der Waals surface area contributed by atoms with E-state index in [2.05, 4.69) is 10.6 Å². The Kier molecular flexibility index (Phi) is 9.81. The molecule has 244 valence electrons. The molecule has 0 unspecified atom stereocenters. The SMILES string of the molecule is O=C(O)c1ccccc1C(=O)NCC1=C[C@@H](O)[C@@H]2C=CO[C@@H](O[C@@H]3O[C@H](CNC(=O)c4ccccc4C(=O)O)[C@@H](O)[C@H](O)[C@H]3O)[C@H]12. The lowest BCUT2D eigenvalue weighted by atomic mass is 9.87. The van der Waals surface area contributed by atoms with Crippen molar-refractivity contribution >= 4 is 23.8 Å². The van der Waals surface area contributed by atoms with Crippen molar-refractivity contribution in [2.45, 2.75) is 43.1 Å². The number of carbonyl (C=O) groups excluding carboxylic acids is 2. The molecule has 0 radical (unpaired) electrons. The van der Waals surface area contributed by atoms with E-state index in [0.717, 1.165) is 0 Å². The van der Waals surface area contributed by atoms with Gasteiger partial charge >= 0.3 is 11.9 Å². The highest BCUT2D eigenvalue weighted by atomic mass is 16.8. The topological polar surface area (TPSA) is 241 Å². The van der Waals surface area contributed by atoms with Crippen LogP contribution < -0.4 is 10.6 Å². The average molecular weight is 641 g/mol. The Morgan fingerprint density at radius 1 is 0.739 bits per heavy atom. The van der Waals surface area contributed by atoms with Crippen molar-refractivity contribution in [3.63, 3.8) is 0 Å². The Balaban J connectivity index is 1.26. The van der Waals surface area contributed by atoms with Crippen molar-refractivity contribution in [1.82, 2.24) is 10.6 Å². The van der Waals surface area contributed by atoms with Gasteiger partial charge in [-0.15, -0.1) is 0 Å². The number of carboxylic acids is 2. The number of fused-ring (bicyclic) bond motifs is 1. The minimum absolute atomic E-state index is 0.0610. The zero-order valence-electron chi connectivity index (χ0n) is 24.0. The van der Waals surface area contributed by atoms with E-state index in [1.165, 1.54) is 60.9 Å². The van der Waals surface area contributed by atoms with Gasteiger partial charge in [0.15, 0.2) is 6.29 Å². The van der Waals surface area contributed by atoms with Crippen LogP contribution in [0.1, 0.15) is 41.4 Å². The van der Waals surface area contributed by atoms with E-state index >= 15 is 0 Å². The fourth-order valence-electron chi connectivity index (χ4n) is 5.71. The lowest BCUT2D eigenvalue weighted by molar-refractivity contribution is -0.335. The van der Waals surface area contributed by atoms with Gasteiger partial charge in [-0.3, -0.25) is 9.59 Å². The molecule has 0 spiro atoms. The zero-order valence-corrected chi connectivity index (χ0v) is 24.0. The molecule has 1 aliphatic carbocycles. The number of aliphatic hydroxyl groups excluding tert-OH is 4. The smallest absolute Gasteiger partial charge is 0.336 e. The van der Waals surface area contributed by atoms with Gasteiger partial charge in [0.2, 0.25) is 6.29 Å². The molecule has 1 fully saturated rings. The van der Waals surface area contributed by atoms with Crippen molar-refractivity contribution in [2.24, 2.45) is 11.8 Å². The third-order valence-electron chi connectivity index (χ3n) is 8.09. The summed E-state index contributed by atoms with van der Waals surface area (Å²) in [6.45, 7) is -0.521. The first kappa shape index (κ1) is 32.7. The van der Waals surface area contributed by atoms with Gasteiger partial charge in [-0.25, -0.2) is 9.59 Å². The average Bonchev–Trinajstić information content (AvgIpc) is 3.38. The van der Waals surface area contributed by atoms with Gasteiger partial charge in [0, 0.05) is 19.0 Å². The largest absolute Gasteiger partial charge is 0.478 e. The zero-order chi connectivity index (χ0) is 33.1. The van der Waals surface area contributed by atoms with Gasteiger partial charge in [0.05, 0.1) is 40.5 Å². The number of carbonyl (C=O) groups is 4. The summed E-state index contributed by atoms with van der Waals surface area (Å²) in [6.07, 6.45) is -5.98. The molecule has 8 N–H and O–H groups in total. The monoisotopic (exact) mass is 640 g/mol. The number of hydrogen-bond acceptors (Lipinski definition) is 11. The van der Waals surface area contributed by atoms with E-state index in [9.17, 15) is 49.8 Å². The summed E-state index contributed by atoms with van der Waals surface area (Å²) >= 11 is 0. The van der Waals surface area contributed by atoms with E-state index in [-0.39, 0.29) is 28.8 Å². The lowest BCUT2D eigenvalue weighted by Gasteiger charge is -2.43. The molecule has 2 aromatic carbocycles. The van der Waals surface area contributed by atoms with Crippen molar-refractivity contribution < 1.29 is 64.0 Å². The van der Waals surface area contributed by atoms with Crippen LogP contribution in [0.15, 0.2) is 72.5 Å². The van der Waals surface area contributed by atoms with Crippen LogP contribution in [-0.4, -0.2) is 111 Å². The van der Waals surface area contributed by atoms with Crippen molar-refractivity contribution in [1.29, 1.82) is 0 Å². The first-order valence-corrected chi connectivity index (χ1v) is 14.2. The lowest BCUT2D eigenvalue weighted by Crippen LogP contribution is -2.61. The van der Waals surface area contributed by atoms with E-state index < -0.39 is 85.2 Å². The summed E-state index contributed by atoms with van der Waals surface area (Å²) in [4.78, 5) is 48.6. The number of ether oxygens (including phenoxy) is 3. The van der Waals surface area contributed by atoms with Crippen LogP contribution in [-0.2, 0) is 14.2 Å². The standard InChI is InChI=1S/C31H32N2O13/c34-20-11-14(12-32-26(38)15-5-1-3-7-17(15)28(40)41)22-19(20)9-10-44-30(22)46-31-25(37)24(36)23(35)21(45-31)13-33-27(39)16-6-2-4-8-18(16)29(42)43/h1-11,19-25,30-31,34-37H,12-13H2,(H,32,38)(H,33,39)(H,40,41)(H,42,43)/t19-,20+,21+,22+,23+,24-,25+,30-,31-/m0/s1. The second kappa shape index (κ2) is 13.8. The molecule has 0 aromatic heterocycles. The highest BCUT2D eigenvalue weighted by molar-refractivity contribution is 6.05. The maximum atomic E-state index is 12.9. The number of amides is 2. The number of carboxylic acid groups (broad SMARTS) is 2. The van der Waals surface area contributed by atoms with Crippen LogP contribution in [0, 0.1) is 11.8 Å². The molecule has 46 heavy (non-hydrogen) atoms. The minimum atomic E-state index is -1.78. The van der Waals surface area contributed by atoms with Gasteiger partial charge in [0.1, 0.15) is 24.4 Å². The second-order valence-corrected chi connectivity index (χ2v) is 10.9. The molecular weight excluding hydrogens is 608 g/mol. The van der Waals surface area contributed by atoms with Gasteiger partial charge in [-0.05, 0) is 35.9 Å². The molecule has 15 heteroatoms. The summed E-state index contributed by atoms with van der Waals surface area (Å²) in [7, 11) is 0. The normalized spacial score (nSPS) is 30.0. The highest BCUT2D eigenvalue weighted by Crippen LogP contribution is 2.41. The van der Waals surface area contributed by atoms with Crippen LogP contribution in [0.3, 0.4) is 0 Å². The van der Waals surface area contributed by atoms with E-state index in [0.29, 0.717) is 5.57 Å². The molecule has 2 heterocycles. The molecular formula is C31H32N2O13. The maximum Gasteiger partial charge on any atom is 0.336 e. The molecule has 1 saturated heterocycles. The first-order chi connectivity index (χ1) is 22.0. The van der Waals surface area contributed by atoms with Crippen molar-refractivity contribution in [3.8, 4) is 0 Å². The van der Waals surface area contributed by atoms with E-state index in [1.807, 2.05) is 0 Å². The molecule has 2 amide bonds. The van der Waals surface area contributed by atoms with Crippen LogP contribution in [0.4, 0.5) is 0 Å². The van der Waals surface area contributed by atoms with Crippen LogP contribution in [0.5, 0.6) is 0 Å². The number of hydrogen-bond donors (Lipinski definition) is 8. The van der Waals surface area contributed by atoms with E-state index in [1.54, 1.807) is 6.08 Å². The Bertz CT molecular complexity index is 1560. The van der Waals surface area contributed by atoms with Gasteiger partial charge < -0.3 is 55.5 Å². The number of nitrogens with one attached hydrogen (secondary N) is 2. The summed E-state index contributed by atoms with van der Waals surface area (Å²) in [5.41, 5.74) is -0.165. The summed E-state index contributed by atoms with van der Waals surface area (Å²) < 4.78 is 17.3. The predicted molar refractivity (Wildman–Crippen MR) is 154 cm³/mol. The van der Waals surface area contributed by atoms with E-state index in [4.69, 9.17) is 14.2 Å². The van der Waals surface area contributed by atoms with Gasteiger partial charge in [0.25, 0.3) is 11.8 Å². The summed E-state index contributed by atoms with van der Waals surface area (Å²) in [5, 5.41) is 66.4. The van der Waals surface area contributed by atoms with Crippen LogP contribution in [0.25, 0.3) is 0 Å². The maximum absolute atomic E-state index is 12.9. The molecule has 2 aliphatic heterocycles. The number of rotatable bonds is 10. The van der Waals surface area contributed by atoms with Gasteiger partial charge in [-0.1, -0.05) is 30.3 Å². The number of aliphatic hydroxyl groups is 4. The van der Waals surface area contributed by atoms with Crippen molar-refractivity contribution in [3.05, 3.63) is 94.8 Å². The molecule has 0 saturated carbocycles. The Hall–Kier alpha value is -4.64. The highest BCUT2D eigenvalue weighted by Gasteiger charge is 2.49. The molecule has 5 rings (SSSR count). The van der Waals surface area contributed by atoms with Gasteiger partial charge in [-0.2, -0.15) is 0 Å². The fourth-order valence-corrected chi connectivity index (χ4v) is 5.71. The number of aromatic carboxylic acids is 2. The fraction of sp³-hybridized carbons (Fsp3) is 0.355. The Labute approximate surface area is 261 Å². The molecule has 2 aromatic rings. The van der Waals surface area contributed by atoms with Crippen LogP contribution >= 0.6 is 0 Å². The Morgan fingerprint density at radius 3 is 1.89 bits per heavy atom. The molecule has 0 bridgehead atoms. The minimum Gasteiger partial charge on any atom is -0.478 e. The quantitative estimate of drug-likeness (QED) is 0.153. The molecule has 15 nitrogen and oxygen atoms in total.